The van der Waals surface area contributed by atoms with Crippen molar-refractivity contribution in [1.82, 2.24) is 15.0 Å². The average molecular weight is 326 g/mol. The Hall–Kier alpha value is -2.66. The van der Waals surface area contributed by atoms with Crippen molar-refractivity contribution in [2.45, 2.75) is 13.5 Å². The molecule has 1 aromatic carbocycles. The van der Waals surface area contributed by atoms with Crippen LogP contribution in [0.1, 0.15) is 11.3 Å². The van der Waals surface area contributed by atoms with Gasteiger partial charge in [-0.3, -0.25) is 4.98 Å². The fraction of sp³-hybridized carbons (Fsp3) is 0.118. The lowest BCUT2D eigenvalue weighted by molar-refractivity contribution is 1.03. The molecule has 0 bridgehead atoms. The van der Waals surface area contributed by atoms with Crippen LogP contribution in [0, 0.1) is 6.92 Å². The Kier molecular flexibility index (Phi) is 4.68. The molecular weight excluding hydrogens is 310 g/mol. The molecule has 2 heterocycles. The SMILES string of the molecule is Cc1cc(Nc2ccc(Cl)cc2)nc(NCc2ccncc2)n1. The number of rotatable bonds is 5. The summed E-state index contributed by atoms with van der Waals surface area (Å²) in [4.78, 5) is 12.9. The highest BCUT2D eigenvalue weighted by molar-refractivity contribution is 6.30. The Morgan fingerprint density at radius 3 is 2.48 bits per heavy atom. The van der Waals surface area contributed by atoms with Crippen LogP contribution in [0.3, 0.4) is 0 Å². The molecule has 3 aromatic rings. The van der Waals surface area contributed by atoms with Gasteiger partial charge in [0.15, 0.2) is 0 Å². The molecule has 0 radical (unpaired) electrons. The van der Waals surface area contributed by atoms with E-state index in [1.165, 1.54) is 0 Å². The van der Waals surface area contributed by atoms with Crippen molar-refractivity contribution in [1.29, 1.82) is 0 Å². The van der Waals surface area contributed by atoms with Crippen molar-refractivity contribution >= 4 is 29.1 Å². The lowest BCUT2D eigenvalue weighted by Crippen LogP contribution is -2.06. The van der Waals surface area contributed by atoms with Gasteiger partial charge in [-0.05, 0) is 48.9 Å². The summed E-state index contributed by atoms with van der Waals surface area (Å²) in [6, 6.07) is 13.3. The number of nitrogens with zero attached hydrogens (tertiary/aromatic N) is 3. The van der Waals surface area contributed by atoms with E-state index in [-0.39, 0.29) is 0 Å². The summed E-state index contributed by atoms with van der Waals surface area (Å²) >= 11 is 5.90. The smallest absolute Gasteiger partial charge is 0.225 e. The molecule has 0 saturated heterocycles. The number of halogens is 1. The van der Waals surface area contributed by atoms with Crippen molar-refractivity contribution in [3.63, 3.8) is 0 Å². The number of aromatic nitrogens is 3. The maximum absolute atomic E-state index is 5.90. The highest BCUT2D eigenvalue weighted by atomic mass is 35.5. The van der Waals surface area contributed by atoms with Gasteiger partial charge in [0.2, 0.25) is 5.95 Å². The molecule has 0 saturated carbocycles. The van der Waals surface area contributed by atoms with Gasteiger partial charge in [0.1, 0.15) is 5.82 Å². The number of hydrogen-bond acceptors (Lipinski definition) is 5. The minimum absolute atomic E-state index is 0.582. The molecule has 0 unspecified atom stereocenters. The summed E-state index contributed by atoms with van der Waals surface area (Å²) < 4.78 is 0. The summed E-state index contributed by atoms with van der Waals surface area (Å²) in [5, 5.41) is 7.18. The van der Waals surface area contributed by atoms with Gasteiger partial charge in [-0.1, -0.05) is 11.6 Å². The predicted molar refractivity (Wildman–Crippen MR) is 93.1 cm³/mol. The standard InChI is InChI=1S/C17H16ClN5/c1-12-10-16(22-15-4-2-14(18)3-5-15)23-17(21-12)20-11-13-6-8-19-9-7-13/h2-10H,11H2,1H3,(H2,20,21,22,23). The van der Waals surface area contributed by atoms with E-state index in [9.17, 15) is 0 Å². The lowest BCUT2D eigenvalue weighted by Gasteiger charge is -2.10. The van der Waals surface area contributed by atoms with Crippen molar-refractivity contribution < 1.29 is 0 Å². The Bertz CT molecular complexity index is 775. The summed E-state index contributed by atoms with van der Waals surface area (Å²) in [5.74, 6) is 1.32. The second kappa shape index (κ2) is 7.07. The van der Waals surface area contributed by atoms with Gasteiger partial charge in [-0.2, -0.15) is 4.98 Å². The maximum atomic E-state index is 5.90. The van der Waals surface area contributed by atoms with Crippen molar-refractivity contribution in [3.05, 3.63) is 71.1 Å². The van der Waals surface area contributed by atoms with Crippen LogP contribution in [0.5, 0.6) is 0 Å². The quantitative estimate of drug-likeness (QED) is 0.736. The third-order valence-corrected chi connectivity index (χ3v) is 3.42. The van der Waals surface area contributed by atoms with E-state index < -0.39 is 0 Å². The molecule has 5 nitrogen and oxygen atoms in total. The van der Waals surface area contributed by atoms with Gasteiger partial charge in [-0.15, -0.1) is 0 Å². The topological polar surface area (TPSA) is 62.7 Å². The first-order valence-corrected chi connectivity index (χ1v) is 7.58. The van der Waals surface area contributed by atoms with Crippen LogP contribution in [0.15, 0.2) is 54.9 Å². The highest BCUT2D eigenvalue weighted by Crippen LogP contribution is 2.19. The molecule has 2 aromatic heterocycles. The first-order chi connectivity index (χ1) is 11.2. The maximum Gasteiger partial charge on any atom is 0.225 e. The van der Waals surface area contributed by atoms with Crippen molar-refractivity contribution in [3.8, 4) is 0 Å². The zero-order valence-electron chi connectivity index (χ0n) is 12.6. The molecule has 0 fully saturated rings. The molecule has 0 aliphatic rings. The van der Waals surface area contributed by atoms with Gasteiger partial charge < -0.3 is 10.6 Å². The Morgan fingerprint density at radius 2 is 1.74 bits per heavy atom. The van der Waals surface area contributed by atoms with Gasteiger partial charge in [0, 0.05) is 41.4 Å². The van der Waals surface area contributed by atoms with Crippen molar-refractivity contribution in [2.24, 2.45) is 0 Å². The average Bonchev–Trinajstić information content (AvgIpc) is 2.56. The number of benzene rings is 1. The van der Waals surface area contributed by atoms with Crippen LogP contribution in [0.4, 0.5) is 17.5 Å². The normalized spacial score (nSPS) is 10.3. The van der Waals surface area contributed by atoms with Crippen LogP contribution in [0.25, 0.3) is 0 Å². The van der Waals surface area contributed by atoms with Gasteiger partial charge in [0.25, 0.3) is 0 Å². The Labute approximate surface area is 139 Å². The third-order valence-electron chi connectivity index (χ3n) is 3.17. The molecule has 0 atom stereocenters. The summed E-state index contributed by atoms with van der Waals surface area (Å²) in [7, 11) is 0. The molecule has 0 aliphatic carbocycles. The van der Waals surface area contributed by atoms with E-state index in [2.05, 4.69) is 25.6 Å². The van der Waals surface area contributed by atoms with Gasteiger partial charge in [-0.25, -0.2) is 4.98 Å². The van der Waals surface area contributed by atoms with Gasteiger partial charge in [0.05, 0.1) is 0 Å². The molecule has 3 rings (SSSR count). The zero-order valence-corrected chi connectivity index (χ0v) is 13.4. The number of aryl methyl sites for hydroxylation is 1. The monoisotopic (exact) mass is 325 g/mol. The molecule has 6 heteroatoms. The highest BCUT2D eigenvalue weighted by Gasteiger charge is 2.03. The zero-order chi connectivity index (χ0) is 16.1. The first kappa shape index (κ1) is 15.2. The van der Waals surface area contributed by atoms with Crippen LogP contribution in [0.2, 0.25) is 5.02 Å². The minimum Gasteiger partial charge on any atom is -0.350 e. The minimum atomic E-state index is 0.582. The Balaban J connectivity index is 1.72. The molecule has 116 valence electrons. The van der Waals surface area contributed by atoms with E-state index in [1.54, 1.807) is 12.4 Å². The summed E-state index contributed by atoms with van der Waals surface area (Å²) in [6.07, 6.45) is 3.53. The number of hydrogen-bond donors (Lipinski definition) is 2. The largest absolute Gasteiger partial charge is 0.350 e. The summed E-state index contributed by atoms with van der Waals surface area (Å²) in [6.45, 7) is 2.58. The molecule has 2 N–H and O–H groups in total. The van der Waals surface area contributed by atoms with Crippen LogP contribution in [-0.2, 0) is 6.54 Å². The van der Waals surface area contributed by atoms with E-state index in [0.717, 1.165) is 22.8 Å². The van der Waals surface area contributed by atoms with E-state index in [1.807, 2.05) is 49.4 Å². The predicted octanol–water partition coefficient (Wildman–Crippen LogP) is 4.19. The van der Waals surface area contributed by atoms with Crippen molar-refractivity contribution in [2.75, 3.05) is 10.6 Å². The first-order valence-electron chi connectivity index (χ1n) is 7.20. The van der Waals surface area contributed by atoms with E-state index >= 15 is 0 Å². The van der Waals surface area contributed by atoms with Gasteiger partial charge >= 0.3 is 0 Å². The summed E-state index contributed by atoms with van der Waals surface area (Å²) in [5.41, 5.74) is 2.93. The van der Waals surface area contributed by atoms with E-state index in [0.29, 0.717) is 17.5 Å². The van der Waals surface area contributed by atoms with Crippen LogP contribution in [-0.4, -0.2) is 15.0 Å². The second-order valence-electron chi connectivity index (χ2n) is 5.06. The van der Waals surface area contributed by atoms with E-state index in [4.69, 9.17) is 11.6 Å². The molecule has 23 heavy (non-hydrogen) atoms. The fourth-order valence-corrected chi connectivity index (χ4v) is 2.20. The second-order valence-corrected chi connectivity index (χ2v) is 5.50. The number of pyridine rings is 1. The molecule has 0 amide bonds. The fourth-order valence-electron chi connectivity index (χ4n) is 2.07. The molecular formula is C17H16ClN5. The molecule has 0 aliphatic heterocycles. The Morgan fingerprint density at radius 1 is 1.00 bits per heavy atom. The number of nitrogens with one attached hydrogen (secondary N) is 2. The lowest BCUT2D eigenvalue weighted by atomic mass is 10.3. The number of anilines is 3. The van der Waals surface area contributed by atoms with Crippen LogP contribution < -0.4 is 10.6 Å². The molecule has 0 spiro atoms. The third kappa shape index (κ3) is 4.40. The van der Waals surface area contributed by atoms with Crippen LogP contribution >= 0.6 is 11.6 Å².